The number of allylic oxidation sites excluding steroid dienone is 2. The van der Waals surface area contributed by atoms with Gasteiger partial charge in [-0.15, -0.1) is 6.58 Å². The van der Waals surface area contributed by atoms with Crippen molar-refractivity contribution in [3.05, 3.63) is 24.8 Å². The van der Waals surface area contributed by atoms with E-state index in [0.29, 0.717) is 0 Å². The topological polar surface area (TPSA) is 20.2 Å². The summed E-state index contributed by atoms with van der Waals surface area (Å²) in [6, 6.07) is 0. The lowest BCUT2D eigenvalue weighted by Crippen LogP contribution is -1.99. The van der Waals surface area contributed by atoms with Crippen molar-refractivity contribution in [1.29, 1.82) is 0 Å². The second kappa shape index (κ2) is 7.55. The highest BCUT2D eigenvalue weighted by molar-refractivity contribution is 4.85. The number of rotatable bonds is 6. The summed E-state index contributed by atoms with van der Waals surface area (Å²) >= 11 is 0. The van der Waals surface area contributed by atoms with Gasteiger partial charge >= 0.3 is 0 Å². The third-order valence-electron chi connectivity index (χ3n) is 1.52. The second-order valence-electron chi connectivity index (χ2n) is 2.64. The summed E-state index contributed by atoms with van der Waals surface area (Å²) in [5, 5.41) is 9.06. The Labute approximate surface area is 69.4 Å². The van der Waals surface area contributed by atoms with E-state index >= 15 is 0 Å². The molecule has 0 saturated carbocycles. The van der Waals surface area contributed by atoms with Crippen molar-refractivity contribution in [3.8, 4) is 0 Å². The van der Waals surface area contributed by atoms with Gasteiger partial charge in [0.1, 0.15) is 0 Å². The summed E-state index contributed by atoms with van der Waals surface area (Å²) < 4.78 is 0. The molecule has 0 fully saturated rings. The normalized spacial score (nSPS) is 13.6. The molecule has 0 rings (SSSR count). The Bertz CT molecular complexity index is 116. The zero-order chi connectivity index (χ0) is 8.53. The lowest BCUT2D eigenvalue weighted by atomic mass is 10.2. The van der Waals surface area contributed by atoms with Crippen LogP contribution in [0.1, 0.15) is 32.6 Å². The molecule has 0 aromatic heterocycles. The fourth-order valence-corrected chi connectivity index (χ4v) is 0.787. The Morgan fingerprint density at radius 2 is 2.00 bits per heavy atom. The molecule has 0 spiro atoms. The Morgan fingerprint density at radius 3 is 2.55 bits per heavy atom. The number of aliphatic hydroxyl groups excluding tert-OH is 1. The van der Waals surface area contributed by atoms with Gasteiger partial charge in [0.25, 0.3) is 0 Å². The summed E-state index contributed by atoms with van der Waals surface area (Å²) in [7, 11) is 0. The maximum Gasteiger partial charge on any atom is 0.0721 e. The Morgan fingerprint density at radius 1 is 1.36 bits per heavy atom. The monoisotopic (exact) mass is 154 g/mol. The molecule has 0 bridgehead atoms. The molecule has 1 nitrogen and oxygen atoms in total. The van der Waals surface area contributed by atoms with Crippen molar-refractivity contribution in [3.63, 3.8) is 0 Å². The molecule has 1 unspecified atom stereocenters. The smallest absolute Gasteiger partial charge is 0.0721 e. The maximum absolute atomic E-state index is 9.06. The summed E-state index contributed by atoms with van der Waals surface area (Å²) in [4.78, 5) is 0. The molecule has 0 aliphatic carbocycles. The van der Waals surface area contributed by atoms with E-state index in [1.807, 2.05) is 0 Å². The van der Waals surface area contributed by atoms with Crippen LogP contribution in [0.25, 0.3) is 0 Å². The lowest BCUT2D eigenvalue weighted by Gasteiger charge is -1.99. The van der Waals surface area contributed by atoms with Crippen LogP contribution in [0.4, 0.5) is 0 Å². The fraction of sp³-hybridized carbons (Fsp3) is 0.600. The molecule has 0 aromatic carbocycles. The summed E-state index contributed by atoms with van der Waals surface area (Å²) in [6.07, 6.45) is 9.61. The first kappa shape index (κ1) is 10.4. The van der Waals surface area contributed by atoms with Crippen LogP contribution < -0.4 is 0 Å². The Hall–Kier alpha value is -0.560. The van der Waals surface area contributed by atoms with E-state index in [9.17, 15) is 0 Å². The van der Waals surface area contributed by atoms with E-state index in [1.54, 1.807) is 6.08 Å². The molecule has 1 atom stereocenters. The Balaban J connectivity index is 3.18. The zero-order valence-electron chi connectivity index (χ0n) is 7.29. The van der Waals surface area contributed by atoms with Crippen LogP contribution in [0, 0.1) is 0 Å². The van der Waals surface area contributed by atoms with Gasteiger partial charge in [0.2, 0.25) is 0 Å². The van der Waals surface area contributed by atoms with E-state index in [2.05, 4.69) is 25.7 Å². The third kappa shape index (κ3) is 7.34. The van der Waals surface area contributed by atoms with Crippen LogP contribution in [0.15, 0.2) is 24.8 Å². The molecule has 11 heavy (non-hydrogen) atoms. The van der Waals surface area contributed by atoms with E-state index < -0.39 is 0 Å². The Kier molecular flexibility index (Phi) is 7.16. The lowest BCUT2D eigenvalue weighted by molar-refractivity contribution is 0.214. The first-order chi connectivity index (χ1) is 5.31. The highest BCUT2D eigenvalue weighted by Crippen LogP contribution is 1.99. The van der Waals surface area contributed by atoms with Crippen LogP contribution in [-0.2, 0) is 0 Å². The van der Waals surface area contributed by atoms with Gasteiger partial charge in [0.05, 0.1) is 6.10 Å². The molecule has 0 aliphatic heterocycles. The molecular formula is C10H18O. The number of hydrogen-bond donors (Lipinski definition) is 1. The van der Waals surface area contributed by atoms with Gasteiger partial charge in [0, 0.05) is 0 Å². The van der Waals surface area contributed by atoms with Gasteiger partial charge in [-0.2, -0.15) is 0 Å². The van der Waals surface area contributed by atoms with Gasteiger partial charge in [-0.1, -0.05) is 31.6 Å². The van der Waals surface area contributed by atoms with Crippen molar-refractivity contribution in [2.45, 2.75) is 38.7 Å². The largest absolute Gasteiger partial charge is 0.389 e. The van der Waals surface area contributed by atoms with Crippen LogP contribution in [0.3, 0.4) is 0 Å². The highest BCUT2D eigenvalue weighted by Gasteiger charge is 1.93. The van der Waals surface area contributed by atoms with E-state index in [-0.39, 0.29) is 6.10 Å². The van der Waals surface area contributed by atoms with Crippen molar-refractivity contribution in [1.82, 2.24) is 0 Å². The first-order valence-corrected chi connectivity index (χ1v) is 4.26. The van der Waals surface area contributed by atoms with Crippen LogP contribution in [0.2, 0.25) is 0 Å². The minimum Gasteiger partial charge on any atom is -0.389 e. The SMILES string of the molecule is C=CC(O)CCC=CCCC. The molecular weight excluding hydrogens is 136 g/mol. The third-order valence-corrected chi connectivity index (χ3v) is 1.52. The molecule has 0 aliphatic rings. The zero-order valence-corrected chi connectivity index (χ0v) is 7.29. The number of hydrogen-bond acceptors (Lipinski definition) is 1. The molecule has 1 N–H and O–H groups in total. The van der Waals surface area contributed by atoms with Gasteiger partial charge in [0.15, 0.2) is 0 Å². The molecule has 0 saturated heterocycles. The minimum atomic E-state index is -0.332. The van der Waals surface area contributed by atoms with E-state index in [0.717, 1.165) is 19.3 Å². The summed E-state index contributed by atoms with van der Waals surface area (Å²) in [5.74, 6) is 0. The van der Waals surface area contributed by atoms with Crippen molar-refractivity contribution in [2.75, 3.05) is 0 Å². The van der Waals surface area contributed by atoms with Gasteiger partial charge < -0.3 is 5.11 Å². The highest BCUT2D eigenvalue weighted by atomic mass is 16.3. The average Bonchev–Trinajstić information content (AvgIpc) is 2.04. The number of unbranched alkanes of at least 4 members (excludes halogenated alkanes) is 1. The van der Waals surface area contributed by atoms with E-state index in [1.165, 1.54) is 6.42 Å². The quantitative estimate of drug-likeness (QED) is 0.583. The van der Waals surface area contributed by atoms with Gasteiger partial charge in [-0.25, -0.2) is 0 Å². The first-order valence-electron chi connectivity index (χ1n) is 4.26. The van der Waals surface area contributed by atoms with Crippen molar-refractivity contribution >= 4 is 0 Å². The molecule has 0 aromatic rings. The van der Waals surface area contributed by atoms with Gasteiger partial charge in [-0.3, -0.25) is 0 Å². The molecule has 0 radical (unpaired) electrons. The fourth-order valence-electron chi connectivity index (χ4n) is 0.787. The van der Waals surface area contributed by atoms with Crippen LogP contribution >= 0.6 is 0 Å². The predicted molar refractivity (Wildman–Crippen MR) is 49.5 cm³/mol. The molecule has 0 amide bonds. The summed E-state index contributed by atoms with van der Waals surface area (Å²) in [6.45, 7) is 5.66. The average molecular weight is 154 g/mol. The van der Waals surface area contributed by atoms with Crippen LogP contribution in [-0.4, -0.2) is 11.2 Å². The standard InChI is InChI=1S/C10H18O/c1-3-5-6-7-8-9-10(11)4-2/h4,6-7,10-11H,2-3,5,8-9H2,1H3. The van der Waals surface area contributed by atoms with E-state index in [4.69, 9.17) is 5.11 Å². The molecule has 64 valence electrons. The van der Waals surface area contributed by atoms with Crippen molar-refractivity contribution < 1.29 is 5.11 Å². The van der Waals surface area contributed by atoms with Gasteiger partial charge in [-0.05, 0) is 19.3 Å². The number of aliphatic hydroxyl groups is 1. The molecule has 1 heteroatoms. The minimum absolute atomic E-state index is 0.332. The van der Waals surface area contributed by atoms with Crippen LogP contribution in [0.5, 0.6) is 0 Å². The summed E-state index contributed by atoms with van der Waals surface area (Å²) in [5.41, 5.74) is 0. The second-order valence-corrected chi connectivity index (χ2v) is 2.64. The predicted octanol–water partition coefficient (Wildman–Crippen LogP) is 2.67. The van der Waals surface area contributed by atoms with Crippen molar-refractivity contribution in [2.24, 2.45) is 0 Å². The molecule has 0 heterocycles. The maximum atomic E-state index is 9.06.